The van der Waals surface area contributed by atoms with Crippen LogP contribution in [0, 0.1) is 5.92 Å². The molecular weight excluding hydrogens is 460 g/mol. The van der Waals surface area contributed by atoms with E-state index < -0.39 is 0 Å². The van der Waals surface area contributed by atoms with E-state index in [-0.39, 0.29) is 17.4 Å². The highest BCUT2D eigenvalue weighted by Crippen LogP contribution is 2.24. The van der Waals surface area contributed by atoms with Gasteiger partial charge in [0, 0.05) is 44.0 Å². The highest BCUT2D eigenvalue weighted by atomic mass is 16.2. The van der Waals surface area contributed by atoms with Crippen molar-refractivity contribution in [1.82, 2.24) is 15.1 Å². The molecule has 0 spiro atoms. The minimum Gasteiger partial charge on any atom is -0.341 e. The first-order valence-corrected chi connectivity index (χ1v) is 13.8. The van der Waals surface area contributed by atoms with Crippen molar-refractivity contribution in [2.45, 2.75) is 71.8 Å². The molecule has 3 rings (SSSR count). The zero-order valence-corrected chi connectivity index (χ0v) is 23.6. The second-order valence-electron chi connectivity index (χ2n) is 11.5. The molecular formula is C31H46N4O2. The largest absolute Gasteiger partial charge is 0.341 e. The van der Waals surface area contributed by atoms with Gasteiger partial charge in [-0.2, -0.15) is 0 Å². The van der Waals surface area contributed by atoms with E-state index in [1.165, 1.54) is 11.1 Å². The van der Waals surface area contributed by atoms with Crippen LogP contribution in [0.15, 0.2) is 48.5 Å². The van der Waals surface area contributed by atoms with E-state index in [4.69, 9.17) is 0 Å². The number of carbonyl (C=O) groups is 2. The van der Waals surface area contributed by atoms with Crippen LogP contribution < -0.4 is 10.6 Å². The van der Waals surface area contributed by atoms with E-state index in [1.807, 2.05) is 41.3 Å². The predicted molar refractivity (Wildman–Crippen MR) is 153 cm³/mol. The Bertz CT molecular complexity index is 1020. The summed E-state index contributed by atoms with van der Waals surface area (Å²) in [6, 6.07) is 16.6. The van der Waals surface area contributed by atoms with Gasteiger partial charge in [0.25, 0.3) is 5.91 Å². The number of carbonyl (C=O) groups excluding carboxylic acids is 2. The normalized spacial score (nSPS) is 15.5. The summed E-state index contributed by atoms with van der Waals surface area (Å²) in [5.74, 6) is 0.534. The minimum atomic E-state index is -0.0821. The van der Waals surface area contributed by atoms with Crippen LogP contribution in [0.1, 0.15) is 75.4 Å². The average molecular weight is 507 g/mol. The Balaban J connectivity index is 1.58. The zero-order chi connectivity index (χ0) is 27.0. The molecule has 1 fully saturated rings. The fourth-order valence-electron chi connectivity index (χ4n) is 5.16. The maximum atomic E-state index is 12.9. The number of hydrogen-bond acceptors (Lipinski definition) is 3. The van der Waals surface area contributed by atoms with E-state index in [9.17, 15) is 9.59 Å². The Labute approximate surface area is 223 Å². The Morgan fingerprint density at radius 3 is 2.35 bits per heavy atom. The molecule has 1 saturated heterocycles. The fourth-order valence-corrected chi connectivity index (χ4v) is 5.16. The third-order valence-corrected chi connectivity index (χ3v) is 7.47. The van der Waals surface area contributed by atoms with E-state index in [0.29, 0.717) is 17.5 Å². The molecule has 202 valence electrons. The number of rotatable bonds is 9. The Kier molecular flexibility index (Phi) is 10.2. The van der Waals surface area contributed by atoms with Crippen molar-refractivity contribution in [2.24, 2.45) is 5.92 Å². The summed E-state index contributed by atoms with van der Waals surface area (Å²) in [7, 11) is 1.70. The first-order chi connectivity index (χ1) is 17.6. The summed E-state index contributed by atoms with van der Waals surface area (Å²) >= 11 is 0. The molecule has 1 aliphatic heterocycles. The van der Waals surface area contributed by atoms with Crippen LogP contribution in [0.2, 0.25) is 0 Å². The molecule has 1 atom stereocenters. The van der Waals surface area contributed by atoms with Gasteiger partial charge in [-0.05, 0) is 85.9 Å². The Morgan fingerprint density at radius 2 is 1.76 bits per heavy atom. The van der Waals surface area contributed by atoms with Gasteiger partial charge in [0.15, 0.2) is 0 Å². The number of anilines is 1. The molecule has 6 nitrogen and oxygen atoms in total. The first kappa shape index (κ1) is 28.7. The van der Waals surface area contributed by atoms with E-state index in [1.54, 1.807) is 7.05 Å². The zero-order valence-electron chi connectivity index (χ0n) is 23.6. The van der Waals surface area contributed by atoms with Crippen LogP contribution >= 0.6 is 0 Å². The SMILES string of the molecule is CCCN(CC1CCN(C(=O)NC)CC1)C(C)Cc1cccc(NC(=O)c2ccc(C(C)(C)C)cc2)c1. The van der Waals surface area contributed by atoms with Crippen molar-refractivity contribution >= 4 is 17.6 Å². The van der Waals surface area contributed by atoms with Crippen LogP contribution in [0.4, 0.5) is 10.5 Å². The molecule has 3 amide bonds. The van der Waals surface area contributed by atoms with Crippen molar-refractivity contribution in [3.05, 3.63) is 65.2 Å². The van der Waals surface area contributed by atoms with E-state index >= 15 is 0 Å². The predicted octanol–water partition coefficient (Wildman–Crippen LogP) is 5.93. The number of urea groups is 1. The molecule has 0 bridgehead atoms. The number of benzene rings is 2. The molecule has 1 aliphatic rings. The number of hydrogen-bond donors (Lipinski definition) is 2. The third-order valence-electron chi connectivity index (χ3n) is 7.47. The second kappa shape index (κ2) is 13.1. The average Bonchev–Trinajstić information content (AvgIpc) is 2.88. The summed E-state index contributed by atoms with van der Waals surface area (Å²) in [5.41, 5.74) is 4.01. The van der Waals surface area contributed by atoms with Crippen molar-refractivity contribution in [2.75, 3.05) is 38.5 Å². The van der Waals surface area contributed by atoms with Gasteiger partial charge in [0.1, 0.15) is 0 Å². The lowest BCUT2D eigenvalue weighted by molar-refractivity contribution is 0.102. The standard InChI is InChI=1S/C31H46N4O2/c1-7-17-35(22-24-15-18-34(19-16-24)30(37)32-6)23(2)20-25-9-8-10-28(21-25)33-29(36)26-11-13-27(14-12-26)31(3,4)5/h8-14,21,23-24H,7,15-20,22H2,1-6H3,(H,32,37)(H,33,36). The molecule has 2 N–H and O–H groups in total. The lowest BCUT2D eigenvalue weighted by atomic mass is 9.87. The molecule has 1 unspecified atom stereocenters. The minimum absolute atomic E-state index is 0.0335. The number of likely N-dealkylation sites (tertiary alicyclic amines) is 1. The van der Waals surface area contributed by atoms with Crippen molar-refractivity contribution in [3.63, 3.8) is 0 Å². The molecule has 0 aromatic heterocycles. The van der Waals surface area contributed by atoms with Crippen LogP contribution in [0.5, 0.6) is 0 Å². The quantitative estimate of drug-likeness (QED) is 0.443. The summed E-state index contributed by atoms with van der Waals surface area (Å²) in [5, 5.41) is 5.82. The lowest BCUT2D eigenvalue weighted by Gasteiger charge is -2.37. The fraction of sp³-hybridized carbons (Fsp3) is 0.548. The molecule has 0 saturated carbocycles. The topological polar surface area (TPSA) is 64.7 Å². The van der Waals surface area contributed by atoms with Crippen LogP contribution in [0.3, 0.4) is 0 Å². The second-order valence-corrected chi connectivity index (χ2v) is 11.5. The van der Waals surface area contributed by atoms with Gasteiger partial charge in [-0.15, -0.1) is 0 Å². The molecule has 1 heterocycles. The smallest absolute Gasteiger partial charge is 0.317 e. The number of piperidine rings is 1. The highest BCUT2D eigenvalue weighted by Gasteiger charge is 2.25. The third kappa shape index (κ3) is 8.32. The molecule has 37 heavy (non-hydrogen) atoms. The van der Waals surface area contributed by atoms with Crippen molar-refractivity contribution in [3.8, 4) is 0 Å². The monoisotopic (exact) mass is 506 g/mol. The molecule has 6 heteroatoms. The van der Waals surface area contributed by atoms with Gasteiger partial charge < -0.3 is 20.4 Å². The molecule has 2 aromatic carbocycles. The van der Waals surface area contributed by atoms with Crippen LogP contribution in [-0.2, 0) is 11.8 Å². The number of nitrogens with one attached hydrogen (secondary N) is 2. The van der Waals surface area contributed by atoms with Crippen LogP contribution in [-0.4, -0.2) is 61.0 Å². The summed E-state index contributed by atoms with van der Waals surface area (Å²) in [6.07, 6.45) is 4.16. The lowest BCUT2D eigenvalue weighted by Crippen LogP contribution is -2.46. The Morgan fingerprint density at radius 1 is 1.08 bits per heavy atom. The first-order valence-electron chi connectivity index (χ1n) is 13.8. The summed E-state index contributed by atoms with van der Waals surface area (Å²) in [4.78, 5) is 29.3. The summed E-state index contributed by atoms with van der Waals surface area (Å²) < 4.78 is 0. The van der Waals surface area contributed by atoms with E-state index in [2.05, 4.69) is 62.3 Å². The van der Waals surface area contributed by atoms with Gasteiger partial charge in [-0.25, -0.2) is 4.79 Å². The number of nitrogens with zero attached hydrogens (tertiary/aromatic N) is 2. The van der Waals surface area contributed by atoms with E-state index in [0.717, 1.165) is 57.5 Å². The molecule has 0 radical (unpaired) electrons. The highest BCUT2D eigenvalue weighted by molar-refractivity contribution is 6.04. The van der Waals surface area contributed by atoms with Gasteiger partial charge in [-0.1, -0.05) is 52.0 Å². The van der Waals surface area contributed by atoms with Crippen molar-refractivity contribution in [1.29, 1.82) is 0 Å². The van der Waals surface area contributed by atoms with Crippen molar-refractivity contribution < 1.29 is 9.59 Å². The van der Waals surface area contributed by atoms with Gasteiger partial charge in [0.05, 0.1) is 0 Å². The van der Waals surface area contributed by atoms with Gasteiger partial charge in [-0.3, -0.25) is 4.79 Å². The Hall–Kier alpha value is -2.86. The molecule has 0 aliphatic carbocycles. The van der Waals surface area contributed by atoms with Crippen LogP contribution in [0.25, 0.3) is 0 Å². The molecule has 2 aromatic rings. The maximum absolute atomic E-state index is 12.9. The maximum Gasteiger partial charge on any atom is 0.317 e. The van der Waals surface area contributed by atoms with Gasteiger partial charge >= 0.3 is 6.03 Å². The van der Waals surface area contributed by atoms with Gasteiger partial charge in [0.2, 0.25) is 0 Å². The number of amides is 3. The summed E-state index contributed by atoms with van der Waals surface area (Å²) in [6.45, 7) is 14.9.